The van der Waals surface area contributed by atoms with E-state index in [1.807, 2.05) is 0 Å². The summed E-state index contributed by atoms with van der Waals surface area (Å²) in [5, 5.41) is 8.51. The van der Waals surface area contributed by atoms with Gasteiger partial charge in [0.15, 0.2) is 14.6 Å². The Morgan fingerprint density at radius 3 is 2.29 bits per heavy atom. The Morgan fingerprint density at radius 2 is 1.93 bits per heavy atom. The maximum absolute atomic E-state index is 11.5. The number of hydrogen-bond acceptors (Lipinski definition) is 5. The minimum absolute atomic E-state index is 0.0816. The van der Waals surface area contributed by atoms with Crippen LogP contribution in [0.5, 0.6) is 0 Å². The molecule has 2 N–H and O–H groups in total. The molecule has 1 rings (SSSR count). The molecule has 1 heterocycles. The van der Waals surface area contributed by atoms with Gasteiger partial charge in [-0.05, 0) is 12.8 Å². The van der Waals surface area contributed by atoms with Gasteiger partial charge >= 0.3 is 0 Å². The lowest BCUT2D eigenvalue weighted by Gasteiger charge is -2.32. The van der Waals surface area contributed by atoms with Crippen LogP contribution in [0.25, 0.3) is 0 Å². The third kappa shape index (κ3) is 1.75. The number of amides is 1. The zero-order valence-electron chi connectivity index (χ0n) is 7.82. The fourth-order valence-electron chi connectivity index (χ4n) is 1.57. The quantitative estimate of drug-likeness (QED) is 0.467. The second kappa shape index (κ2) is 3.84. The van der Waals surface area contributed by atoms with Crippen molar-refractivity contribution in [2.24, 2.45) is 0 Å². The molecule has 0 aromatic carbocycles. The van der Waals surface area contributed by atoms with E-state index in [1.54, 1.807) is 0 Å². The Balaban J connectivity index is 3.07. The van der Waals surface area contributed by atoms with Crippen LogP contribution in [-0.2, 0) is 19.4 Å². The van der Waals surface area contributed by atoms with Crippen LogP contribution in [0.1, 0.15) is 12.8 Å². The van der Waals surface area contributed by atoms with Gasteiger partial charge in [-0.2, -0.15) is 0 Å². The summed E-state index contributed by atoms with van der Waals surface area (Å²) in [4.78, 5) is 11.3. The lowest BCUT2D eigenvalue weighted by molar-refractivity contribution is -0.134. The summed E-state index contributed by atoms with van der Waals surface area (Å²) in [6.07, 6.45) is 1.16. The summed E-state index contributed by atoms with van der Waals surface area (Å²) in [5.41, 5.74) is 1.41. The molecule has 0 bridgehead atoms. The lowest BCUT2D eigenvalue weighted by Crippen LogP contribution is -2.54. The van der Waals surface area contributed by atoms with Crippen LogP contribution in [0.2, 0.25) is 0 Å². The number of nitrogens with one attached hydrogen (secondary N) is 1. The maximum atomic E-state index is 11.5. The molecule has 1 amide bonds. The molecule has 0 aliphatic carbocycles. The summed E-state index contributed by atoms with van der Waals surface area (Å²) in [7, 11) is -3.55. The van der Waals surface area contributed by atoms with Gasteiger partial charge in [-0.15, -0.1) is 0 Å². The first kappa shape index (κ1) is 11.4. The second-order valence-corrected chi connectivity index (χ2v) is 5.65. The molecule has 1 aliphatic heterocycles. The largest absolute Gasteiger partial charge is 0.381 e. The highest BCUT2D eigenvalue weighted by Gasteiger charge is 2.49. The molecular formula is C7H13NO5S. The topological polar surface area (TPSA) is 92.7 Å². The first-order chi connectivity index (χ1) is 6.44. The van der Waals surface area contributed by atoms with Crippen LogP contribution in [0.15, 0.2) is 0 Å². The van der Waals surface area contributed by atoms with Crippen LogP contribution in [-0.4, -0.2) is 43.7 Å². The van der Waals surface area contributed by atoms with Crippen LogP contribution in [0.4, 0.5) is 0 Å². The van der Waals surface area contributed by atoms with Crippen molar-refractivity contribution >= 4 is 15.7 Å². The minimum atomic E-state index is -3.55. The fraction of sp³-hybridized carbons (Fsp3) is 0.857. The Labute approximate surface area is 82.1 Å². The first-order valence-corrected chi connectivity index (χ1v) is 6.05. The molecule has 0 atom stereocenters. The minimum Gasteiger partial charge on any atom is -0.381 e. The third-order valence-electron chi connectivity index (χ3n) is 2.53. The number of ether oxygens (including phenoxy) is 1. The molecule has 7 heteroatoms. The standard InChI is InChI=1S/C7H13NO5S/c1-14(11,12)7(6(9)8-10)2-4-13-5-3-7/h10H,2-5H2,1H3,(H,8,9). The van der Waals surface area contributed by atoms with Crippen molar-refractivity contribution in [2.45, 2.75) is 17.6 Å². The molecule has 0 saturated carbocycles. The number of carbonyl (C=O) groups excluding carboxylic acids is 1. The highest BCUT2D eigenvalue weighted by atomic mass is 32.2. The highest BCUT2D eigenvalue weighted by molar-refractivity contribution is 7.92. The van der Waals surface area contributed by atoms with Crippen LogP contribution in [0.3, 0.4) is 0 Å². The number of sulfone groups is 1. The van der Waals surface area contributed by atoms with Crippen molar-refractivity contribution in [2.75, 3.05) is 19.5 Å². The summed E-state index contributed by atoms with van der Waals surface area (Å²) >= 11 is 0. The smallest absolute Gasteiger partial charge is 0.264 e. The van der Waals surface area contributed by atoms with Crippen LogP contribution >= 0.6 is 0 Å². The summed E-state index contributed by atoms with van der Waals surface area (Å²) in [6, 6.07) is 0. The van der Waals surface area contributed by atoms with E-state index in [4.69, 9.17) is 9.94 Å². The van der Waals surface area contributed by atoms with Gasteiger partial charge in [0, 0.05) is 19.5 Å². The van der Waals surface area contributed by atoms with Crippen molar-refractivity contribution in [1.29, 1.82) is 0 Å². The van der Waals surface area contributed by atoms with Crippen molar-refractivity contribution in [3.05, 3.63) is 0 Å². The van der Waals surface area contributed by atoms with Crippen molar-refractivity contribution in [1.82, 2.24) is 5.48 Å². The normalized spacial score (nSPS) is 21.6. The number of hydrogen-bond donors (Lipinski definition) is 2. The lowest BCUT2D eigenvalue weighted by atomic mass is 9.98. The number of carbonyl (C=O) groups is 1. The molecule has 0 spiro atoms. The van der Waals surface area contributed by atoms with Gasteiger partial charge < -0.3 is 4.74 Å². The zero-order valence-corrected chi connectivity index (χ0v) is 8.63. The van der Waals surface area contributed by atoms with E-state index in [1.165, 1.54) is 5.48 Å². The van der Waals surface area contributed by atoms with E-state index < -0.39 is 20.5 Å². The predicted molar refractivity (Wildman–Crippen MR) is 47.6 cm³/mol. The number of hydroxylamine groups is 1. The van der Waals surface area contributed by atoms with Gasteiger partial charge in [-0.3, -0.25) is 10.0 Å². The molecule has 0 aromatic heterocycles. The van der Waals surface area contributed by atoms with Gasteiger partial charge in [0.2, 0.25) is 0 Å². The summed E-state index contributed by atoms with van der Waals surface area (Å²) in [5.74, 6) is -0.872. The molecule has 82 valence electrons. The molecule has 1 aliphatic rings. The van der Waals surface area contributed by atoms with Crippen molar-refractivity contribution < 1.29 is 23.2 Å². The van der Waals surface area contributed by atoms with Gasteiger partial charge in [0.05, 0.1) is 0 Å². The second-order valence-electron chi connectivity index (χ2n) is 3.32. The van der Waals surface area contributed by atoms with E-state index in [0.717, 1.165) is 6.26 Å². The average molecular weight is 223 g/mol. The summed E-state index contributed by atoms with van der Waals surface area (Å²) in [6.45, 7) is 0.418. The molecule has 6 nitrogen and oxygen atoms in total. The number of rotatable bonds is 2. The highest BCUT2D eigenvalue weighted by Crippen LogP contribution is 2.29. The molecule has 0 aromatic rings. The SMILES string of the molecule is CS(=O)(=O)C1(C(=O)NO)CCOCC1. The molecule has 0 unspecified atom stereocenters. The Hall–Kier alpha value is -0.660. The van der Waals surface area contributed by atoms with Gasteiger partial charge in [-0.25, -0.2) is 13.9 Å². The van der Waals surface area contributed by atoms with Crippen molar-refractivity contribution in [3.63, 3.8) is 0 Å². The zero-order chi connectivity index (χ0) is 10.8. The molecular weight excluding hydrogens is 210 g/mol. The molecule has 1 fully saturated rings. The Morgan fingerprint density at radius 1 is 1.43 bits per heavy atom. The van der Waals surface area contributed by atoms with E-state index in [-0.39, 0.29) is 26.1 Å². The average Bonchev–Trinajstić information content (AvgIpc) is 2.16. The van der Waals surface area contributed by atoms with Gasteiger partial charge in [0.1, 0.15) is 0 Å². The van der Waals surface area contributed by atoms with E-state index in [9.17, 15) is 13.2 Å². The van der Waals surface area contributed by atoms with Crippen molar-refractivity contribution in [3.8, 4) is 0 Å². The molecule has 14 heavy (non-hydrogen) atoms. The first-order valence-electron chi connectivity index (χ1n) is 4.16. The summed E-state index contributed by atoms with van der Waals surface area (Å²) < 4.78 is 26.4. The Bertz CT molecular complexity index is 317. The van der Waals surface area contributed by atoms with E-state index in [0.29, 0.717) is 0 Å². The monoisotopic (exact) mass is 223 g/mol. The van der Waals surface area contributed by atoms with Crippen LogP contribution in [0, 0.1) is 0 Å². The fourth-order valence-corrected chi connectivity index (χ4v) is 2.86. The van der Waals surface area contributed by atoms with Gasteiger partial charge in [-0.1, -0.05) is 0 Å². The molecule has 1 saturated heterocycles. The van der Waals surface area contributed by atoms with Crippen LogP contribution < -0.4 is 5.48 Å². The Kier molecular flexibility index (Phi) is 3.13. The van der Waals surface area contributed by atoms with E-state index >= 15 is 0 Å². The predicted octanol–water partition coefficient (Wildman–Crippen LogP) is -0.914. The third-order valence-corrected chi connectivity index (χ3v) is 4.54. The maximum Gasteiger partial charge on any atom is 0.264 e. The van der Waals surface area contributed by atoms with Gasteiger partial charge in [0.25, 0.3) is 5.91 Å². The van der Waals surface area contributed by atoms with E-state index in [2.05, 4.69) is 0 Å². The molecule has 0 radical (unpaired) electrons.